The Balaban J connectivity index is 1.99. The molecule has 0 aliphatic carbocycles. The van der Waals surface area contributed by atoms with Crippen LogP contribution in [0, 0.1) is 0 Å². The van der Waals surface area contributed by atoms with Gasteiger partial charge in [-0.3, -0.25) is 4.79 Å². The van der Waals surface area contributed by atoms with Gasteiger partial charge in [-0.05, 0) is 12.0 Å². The van der Waals surface area contributed by atoms with E-state index < -0.39 is 0 Å². The standard InChI is InChI=1S/C13H16N2O/c1-2-11-3-5-12(6-4-11)13(16)9-15-8-7-14-10-15/h3-8,14H,2,9-10H2,1H3. The molecule has 0 radical (unpaired) electrons. The van der Waals surface area contributed by atoms with Gasteiger partial charge in [0.2, 0.25) is 0 Å². The van der Waals surface area contributed by atoms with Crippen LogP contribution in [0.25, 0.3) is 0 Å². The molecule has 1 aromatic rings. The van der Waals surface area contributed by atoms with Gasteiger partial charge in [0.25, 0.3) is 0 Å². The number of nitrogens with one attached hydrogen (secondary N) is 1. The summed E-state index contributed by atoms with van der Waals surface area (Å²) >= 11 is 0. The lowest BCUT2D eigenvalue weighted by Gasteiger charge is -2.13. The number of ketones is 1. The highest BCUT2D eigenvalue weighted by molar-refractivity contribution is 5.97. The summed E-state index contributed by atoms with van der Waals surface area (Å²) in [6.45, 7) is 3.27. The third kappa shape index (κ3) is 2.42. The Morgan fingerprint density at radius 1 is 1.38 bits per heavy atom. The molecule has 0 saturated carbocycles. The first-order chi connectivity index (χ1) is 7.79. The van der Waals surface area contributed by atoms with E-state index in [0.29, 0.717) is 6.54 Å². The maximum atomic E-state index is 11.9. The Hall–Kier alpha value is -1.77. The first-order valence-electron chi connectivity index (χ1n) is 5.56. The average Bonchev–Trinajstić information content (AvgIpc) is 2.82. The number of nitrogens with zero attached hydrogens (tertiary/aromatic N) is 1. The topological polar surface area (TPSA) is 32.3 Å². The second-order valence-electron chi connectivity index (χ2n) is 3.90. The van der Waals surface area contributed by atoms with Crippen LogP contribution in [0.4, 0.5) is 0 Å². The summed E-state index contributed by atoms with van der Waals surface area (Å²) in [6.07, 6.45) is 4.76. The fourth-order valence-corrected chi connectivity index (χ4v) is 1.69. The molecule has 0 aromatic heterocycles. The molecule has 1 aliphatic rings. The van der Waals surface area contributed by atoms with Gasteiger partial charge in [-0.1, -0.05) is 31.2 Å². The van der Waals surface area contributed by atoms with Crippen molar-refractivity contribution in [2.45, 2.75) is 13.3 Å². The average molecular weight is 216 g/mol. The molecule has 1 aliphatic heterocycles. The molecule has 0 unspecified atom stereocenters. The minimum Gasteiger partial charge on any atom is -0.373 e. The van der Waals surface area contributed by atoms with E-state index in [9.17, 15) is 4.79 Å². The number of carbonyl (C=O) groups is 1. The number of aryl methyl sites for hydroxylation is 1. The highest BCUT2D eigenvalue weighted by atomic mass is 16.1. The van der Waals surface area contributed by atoms with Crippen LogP contribution < -0.4 is 5.32 Å². The van der Waals surface area contributed by atoms with Crippen molar-refractivity contribution >= 4 is 5.78 Å². The van der Waals surface area contributed by atoms with Crippen LogP contribution in [0.1, 0.15) is 22.8 Å². The largest absolute Gasteiger partial charge is 0.373 e. The van der Waals surface area contributed by atoms with E-state index in [-0.39, 0.29) is 5.78 Å². The molecule has 1 heterocycles. The van der Waals surface area contributed by atoms with Gasteiger partial charge in [0.05, 0.1) is 13.2 Å². The van der Waals surface area contributed by atoms with Crippen molar-refractivity contribution in [2.75, 3.05) is 13.2 Å². The molecule has 3 nitrogen and oxygen atoms in total. The summed E-state index contributed by atoms with van der Waals surface area (Å²) in [5.41, 5.74) is 2.05. The summed E-state index contributed by atoms with van der Waals surface area (Å²) in [6, 6.07) is 7.86. The first-order valence-corrected chi connectivity index (χ1v) is 5.56. The number of rotatable bonds is 4. The predicted molar refractivity (Wildman–Crippen MR) is 64.0 cm³/mol. The van der Waals surface area contributed by atoms with E-state index in [0.717, 1.165) is 18.7 Å². The number of carbonyl (C=O) groups excluding carboxylic acids is 1. The zero-order valence-corrected chi connectivity index (χ0v) is 9.44. The van der Waals surface area contributed by atoms with Gasteiger partial charge in [-0.25, -0.2) is 0 Å². The molecule has 0 fully saturated rings. The second kappa shape index (κ2) is 4.84. The predicted octanol–water partition coefficient (Wildman–Crippen LogP) is 1.77. The minimum absolute atomic E-state index is 0.163. The van der Waals surface area contributed by atoms with Crippen molar-refractivity contribution in [2.24, 2.45) is 0 Å². The fourth-order valence-electron chi connectivity index (χ4n) is 1.69. The Morgan fingerprint density at radius 3 is 2.69 bits per heavy atom. The highest BCUT2D eigenvalue weighted by Crippen LogP contribution is 2.07. The molecule has 0 saturated heterocycles. The van der Waals surface area contributed by atoms with E-state index in [1.807, 2.05) is 41.6 Å². The molecule has 84 valence electrons. The quantitative estimate of drug-likeness (QED) is 0.778. The van der Waals surface area contributed by atoms with Crippen molar-refractivity contribution in [3.63, 3.8) is 0 Å². The molecule has 2 rings (SSSR count). The molecule has 1 aromatic carbocycles. The van der Waals surface area contributed by atoms with E-state index in [2.05, 4.69) is 12.2 Å². The van der Waals surface area contributed by atoms with Crippen LogP contribution in [0.2, 0.25) is 0 Å². The minimum atomic E-state index is 0.163. The molecule has 0 atom stereocenters. The zero-order chi connectivity index (χ0) is 11.4. The molecule has 3 heteroatoms. The lowest BCUT2D eigenvalue weighted by molar-refractivity contribution is 0.0957. The number of hydrogen-bond acceptors (Lipinski definition) is 3. The van der Waals surface area contributed by atoms with E-state index in [1.165, 1.54) is 5.56 Å². The number of Topliss-reactive ketones (excluding diaryl/α,β-unsaturated/α-hetero) is 1. The van der Waals surface area contributed by atoms with Crippen LogP contribution in [0.5, 0.6) is 0 Å². The Morgan fingerprint density at radius 2 is 2.12 bits per heavy atom. The summed E-state index contributed by atoms with van der Waals surface area (Å²) in [5, 5.41) is 3.04. The van der Waals surface area contributed by atoms with Crippen molar-refractivity contribution in [3.8, 4) is 0 Å². The second-order valence-corrected chi connectivity index (χ2v) is 3.90. The number of benzene rings is 1. The first kappa shape index (κ1) is 10.7. The molecule has 1 N–H and O–H groups in total. The van der Waals surface area contributed by atoms with Gasteiger partial charge in [0, 0.05) is 18.0 Å². The monoisotopic (exact) mass is 216 g/mol. The molecular weight excluding hydrogens is 200 g/mol. The van der Waals surface area contributed by atoms with Crippen LogP contribution >= 0.6 is 0 Å². The fraction of sp³-hybridized carbons (Fsp3) is 0.308. The third-order valence-corrected chi connectivity index (χ3v) is 2.73. The van der Waals surface area contributed by atoms with Crippen molar-refractivity contribution in [3.05, 3.63) is 47.8 Å². The van der Waals surface area contributed by atoms with Gasteiger partial charge in [-0.15, -0.1) is 0 Å². The lowest BCUT2D eigenvalue weighted by Crippen LogP contribution is -2.27. The van der Waals surface area contributed by atoms with Gasteiger partial charge in [-0.2, -0.15) is 0 Å². The molecular formula is C13H16N2O. The maximum absolute atomic E-state index is 11.9. The Kier molecular flexibility index (Phi) is 3.25. The molecule has 0 amide bonds. The van der Waals surface area contributed by atoms with Crippen molar-refractivity contribution in [1.82, 2.24) is 10.2 Å². The summed E-state index contributed by atoms with van der Waals surface area (Å²) in [4.78, 5) is 13.9. The molecule has 0 spiro atoms. The van der Waals surface area contributed by atoms with E-state index >= 15 is 0 Å². The maximum Gasteiger partial charge on any atom is 0.182 e. The summed E-state index contributed by atoms with van der Waals surface area (Å²) in [7, 11) is 0. The van der Waals surface area contributed by atoms with Crippen LogP contribution in [0.3, 0.4) is 0 Å². The third-order valence-electron chi connectivity index (χ3n) is 2.73. The highest BCUT2D eigenvalue weighted by Gasteiger charge is 2.11. The van der Waals surface area contributed by atoms with Crippen LogP contribution in [0.15, 0.2) is 36.7 Å². The normalized spacial score (nSPS) is 13.9. The van der Waals surface area contributed by atoms with Crippen molar-refractivity contribution < 1.29 is 4.79 Å². The Labute approximate surface area is 95.8 Å². The van der Waals surface area contributed by atoms with Gasteiger partial charge < -0.3 is 10.2 Å². The Bertz CT molecular complexity index is 395. The van der Waals surface area contributed by atoms with E-state index in [1.54, 1.807) is 0 Å². The SMILES string of the molecule is CCc1ccc(C(=O)CN2C=CNC2)cc1. The van der Waals surface area contributed by atoms with Crippen LogP contribution in [-0.4, -0.2) is 23.9 Å². The van der Waals surface area contributed by atoms with Crippen LogP contribution in [-0.2, 0) is 6.42 Å². The molecule has 16 heavy (non-hydrogen) atoms. The van der Waals surface area contributed by atoms with Gasteiger partial charge in [0.1, 0.15) is 0 Å². The lowest BCUT2D eigenvalue weighted by atomic mass is 10.1. The van der Waals surface area contributed by atoms with E-state index in [4.69, 9.17) is 0 Å². The van der Waals surface area contributed by atoms with Gasteiger partial charge >= 0.3 is 0 Å². The number of hydrogen-bond donors (Lipinski definition) is 1. The molecule has 0 bridgehead atoms. The zero-order valence-electron chi connectivity index (χ0n) is 9.44. The van der Waals surface area contributed by atoms with Gasteiger partial charge in [0.15, 0.2) is 5.78 Å². The van der Waals surface area contributed by atoms with Crippen molar-refractivity contribution in [1.29, 1.82) is 0 Å². The summed E-state index contributed by atoms with van der Waals surface area (Å²) < 4.78 is 0. The summed E-state index contributed by atoms with van der Waals surface area (Å²) in [5.74, 6) is 0.163. The smallest absolute Gasteiger partial charge is 0.182 e.